The largest absolute Gasteiger partial charge is 0.573 e. The van der Waals surface area contributed by atoms with E-state index in [2.05, 4.69) is 30.7 Å². The molecular weight excluding hydrogens is 443 g/mol. The van der Waals surface area contributed by atoms with Crippen LogP contribution in [0.25, 0.3) is 0 Å². The number of halogens is 4. The number of nitrogens with zero attached hydrogens (tertiary/aromatic N) is 3. The van der Waals surface area contributed by atoms with E-state index in [1.165, 1.54) is 22.9 Å². The summed E-state index contributed by atoms with van der Waals surface area (Å²) >= 11 is 3.13. The molecule has 1 aromatic heterocycles. The molecule has 10 heteroatoms. The zero-order chi connectivity index (χ0) is 20.3. The highest BCUT2D eigenvalue weighted by Crippen LogP contribution is 2.44. The fourth-order valence-electron chi connectivity index (χ4n) is 2.28. The Morgan fingerprint density at radius 3 is 2.21 bits per heavy atom. The summed E-state index contributed by atoms with van der Waals surface area (Å²) < 4.78 is 56.1. The topological polar surface area (TPSA) is 58.4 Å². The van der Waals surface area contributed by atoms with Gasteiger partial charge in [-0.2, -0.15) is 4.98 Å². The van der Waals surface area contributed by atoms with Crippen LogP contribution >= 0.6 is 15.9 Å². The van der Waals surface area contributed by atoms with Gasteiger partial charge in [-0.15, -0.1) is 18.3 Å². The summed E-state index contributed by atoms with van der Waals surface area (Å²) in [7, 11) is 0. The molecular formula is C18H15BrF3N3O3. The number of alkyl halides is 3. The number of benzene rings is 2. The quantitative estimate of drug-likeness (QED) is 0.447. The van der Waals surface area contributed by atoms with Crippen LogP contribution in [0, 0.1) is 0 Å². The Kier molecular flexibility index (Phi) is 5.78. The molecule has 0 saturated heterocycles. The van der Waals surface area contributed by atoms with Crippen LogP contribution in [0.5, 0.6) is 29.0 Å². The van der Waals surface area contributed by atoms with Gasteiger partial charge in [-0.3, -0.25) is 0 Å². The third-order valence-corrected chi connectivity index (χ3v) is 3.73. The lowest BCUT2D eigenvalue weighted by Gasteiger charge is -2.17. The maximum absolute atomic E-state index is 13.0. The first-order chi connectivity index (χ1) is 13.2. The first kappa shape index (κ1) is 20.0. The molecule has 6 nitrogen and oxygen atoms in total. The maximum atomic E-state index is 13.0. The van der Waals surface area contributed by atoms with Crippen LogP contribution in [0.1, 0.15) is 19.9 Å². The smallest absolute Gasteiger partial charge is 0.453 e. The van der Waals surface area contributed by atoms with Crippen molar-refractivity contribution >= 4 is 15.9 Å². The Bertz CT molecular complexity index is 946. The van der Waals surface area contributed by atoms with E-state index in [9.17, 15) is 13.2 Å². The fraction of sp³-hybridized carbons (Fsp3) is 0.222. The van der Waals surface area contributed by atoms with Gasteiger partial charge < -0.3 is 14.2 Å². The Morgan fingerprint density at radius 2 is 1.61 bits per heavy atom. The fourth-order valence-corrected chi connectivity index (χ4v) is 2.60. The Balaban J connectivity index is 2.01. The summed E-state index contributed by atoms with van der Waals surface area (Å²) in [4.78, 5) is 4.05. The molecule has 0 radical (unpaired) electrons. The molecule has 2 aromatic carbocycles. The van der Waals surface area contributed by atoms with Crippen LogP contribution in [0.2, 0.25) is 0 Å². The molecule has 0 bridgehead atoms. The number of hydrogen-bond donors (Lipinski definition) is 0. The van der Waals surface area contributed by atoms with Gasteiger partial charge >= 0.3 is 12.4 Å². The minimum Gasteiger partial charge on any atom is -0.453 e. The highest BCUT2D eigenvalue weighted by Gasteiger charge is 2.35. The summed E-state index contributed by atoms with van der Waals surface area (Å²) in [6, 6.07) is 12.4. The average Bonchev–Trinajstić information content (AvgIpc) is 2.98. The van der Waals surface area contributed by atoms with Crippen molar-refractivity contribution in [1.82, 2.24) is 14.8 Å². The van der Waals surface area contributed by atoms with E-state index in [1.54, 1.807) is 30.3 Å². The number of para-hydroxylation sites is 2. The SMILES string of the molecule is CC(C)n1nc(Br)nc1Oc1cccc(Oc2ccccc2)c1OC(F)(F)F. The normalized spacial score (nSPS) is 11.5. The maximum Gasteiger partial charge on any atom is 0.573 e. The van der Waals surface area contributed by atoms with Crippen molar-refractivity contribution in [3.63, 3.8) is 0 Å². The van der Waals surface area contributed by atoms with Gasteiger partial charge in [0.05, 0.1) is 6.04 Å². The molecule has 0 spiro atoms. The van der Waals surface area contributed by atoms with Gasteiger partial charge in [-0.05, 0) is 54.0 Å². The van der Waals surface area contributed by atoms with Gasteiger partial charge in [0.1, 0.15) is 5.75 Å². The van der Waals surface area contributed by atoms with E-state index in [0.29, 0.717) is 5.75 Å². The van der Waals surface area contributed by atoms with Gasteiger partial charge in [-0.25, -0.2) is 4.68 Å². The molecule has 3 rings (SSSR count). The average molecular weight is 458 g/mol. The number of aromatic nitrogens is 3. The van der Waals surface area contributed by atoms with Gasteiger partial charge in [0.15, 0.2) is 11.5 Å². The lowest BCUT2D eigenvalue weighted by molar-refractivity contribution is -0.275. The third-order valence-electron chi connectivity index (χ3n) is 3.40. The molecule has 0 N–H and O–H groups in total. The predicted octanol–water partition coefficient (Wildman–Crippen LogP) is 6.10. The zero-order valence-electron chi connectivity index (χ0n) is 14.8. The molecule has 0 aliphatic rings. The van der Waals surface area contributed by atoms with Gasteiger partial charge in [0, 0.05) is 0 Å². The second kappa shape index (κ2) is 8.09. The van der Waals surface area contributed by atoms with Crippen molar-refractivity contribution in [2.75, 3.05) is 0 Å². The molecule has 0 fully saturated rings. The van der Waals surface area contributed by atoms with Crippen molar-refractivity contribution in [1.29, 1.82) is 0 Å². The van der Waals surface area contributed by atoms with E-state index >= 15 is 0 Å². The standard InChI is InChI=1S/C18H15BrF3N3O3/c1-11(2)25-17(23-16(19)24-25)27-14-10-6-9-13(15(14)28-18(20,21)22)26-12-7-4-3-5-8-12/h3-11H,1-2H3. The molecule has 0 atom stereocenters. The van der Waals surface area contributed by atoms with Crippen molar-refractivity contribution in [2.24, 2.45) is 0 Å². The van der Waals surface area contributed by atoms with Crippen LogP contribution in [-0.4, -0.2) is 21.1 Å². The molecule has 1 heterocycles. The van der Waals surface area contributed by atoms with Crippen LogP contribution in [0.3, 0.4) is 0 Å². The molecule has 0 unspecified atom stereocenters. The van der Waals surface area contributed by atoms with Gasteiger partial charge in [0.2, 0.25) is 10.5 Å². The molecule has 0 aliphatic heterocycles. The molecule has 3 aromatic rings. The van der Waals surface area contributed by atoms with Crippen molar-refractivity contribution in [3.05, 3.63) is 53.3 Å². The van der Waals surface area contributed by atoms with E-state index in [4.69, 9.17) is 9.47 Å². The minimum atomic E-state index is -4.94. The predicted molar refractivity (Wildman–Crippen MR) is 97.8 cm³/mol. The van der Waals surface area contributed by atoms with E-state index < -0.39 is 12.1 Å². The minimum absolute atomic E-state index is 0.00533. The van der Waals surface area contributed by atoms with Gasteiger partial charge in [0.25, 0.3) is 0 Å². The summed E-state index contributed by atoms with van der Waals surface area (Å²) in [6.07, 6.45) is -4.94. The lowest BCUT2D eigenvalue weighted by atomic mass is 10.3. The second-order valence-electron chi connectivity index (χ2n) is 5.85. The molecule has 28 heavy (non-hydrogen) atoms. The molecule has 148 valence electrons. The first-order valence-electron chi connectivity index (χ1n) is 8.14. The Morgan fingerprint density at radius 1 is 0.964 bits per heavy atom. The van der Waals surface area contributed by atoms with E-state index in [0.717, 1.165) is 0 Å². The van der Waals surface area contributed by atoms with E-state index in [1.807, 2.05) is 13.8 Å². The highest BCUT2D eigenvalue weighted by molar-refractivity contribution is 9.10. The van der Waals surface area contributed by atoms with E-state index in [-0.39, 0.29) is 28.3 Å². The summed E-state index contributed by atoms with van der Waals surface area (Å²) in [5, 5.41) is 4.10. The highest BCUT2D eigenvalue weighted by atomic mass is 79.9. The molecule has 0 aliphatic carbocycles. The summed E-state index contributed by atoms with van der Waals surface area (Å²) in [5.41, 5.74) is 0. The lowest BCUT2D eigenvalue weighted by Crippen LogP contribution is -2.18. The Labute approximate surface area is 167 Å². The third kappa shape index (κ3) is 4.94. The number of rotatable bonds is 6. The van der Waals surface area contributed by atoms with Crippen molar-refractivity contribution < 1.29 is 27.4 Å². The van der Waals surface area contributed by atoms with Crippen LogP contribution in [-0.2, 0) is 0 Å². The van der Waals surface area contributed by atoms with Crippen molar-refractivity contribution in [2.45, 2.75) is 26.3 Å². The number of ether oxygens (including phenoxy) is 3. The van der Waals surface area contributed by atoms with Crippen LogP contribution in [0.15, 0.2) is 53.3 Å². The molecule has 0 amide bonds. The van der Waals surface area contributed by atoms with Crippen LogP contribution < -0.4 is 14.2 Å². The van der Waals surface area contributed by atoms with Crippen molar-refractivity contribution in [3.8, 4) is 29.0 Å². The second-order valence-corrected chi connectivity index (χ2v) is 6.56. The zero-order valence-corrected chi connectivity index (χ0v) is 16.4. The monoisotopic (exact) mass is 457 g/mol. The van der Waals surface area contributed by atoms with Gasteiger partial charge in [-0.1, -0.05) is 24.3 Å². The van der Waals surface area contributed by atoms with Crippen LogP contribution in [0.4, 0.5) is 13.2 Å². The first-order valence-corrected chi connectivity index (χ1v) is 8.94. The summed E-state index contributed by atoms with van der Waals surface area (Å²) in [5.74, 6) is -0.642. The number of hydrogen-bond acceptors (Lipinski definition) is 5. The Hall–Kier alpha value is -2.75. The molecule has 0 saturated carbocycles. The summed E-state index contributed by atoms with van der Waals surface area (Å²) in [6.45, 7) is 3.66.